The Kier molecular flexibility index (Phi) is 3.90. The summed E-state index contributed by atoms with van der Waals surface area (Å²) >= 11 is 0. The van der Waals surface area contributed by atoms with Crippen LogP contribution in [0.4, 0.5) is 0 Å². The number of hydrogen-bond donors (Lipinski definition) is 1. The molecule has 2 heterocycles. The molecule has 1 aliphatic heterocycles. The minimum Gasteiger partial charge on any atom is -0.345 e. The Morgan fingerprint density at radius 3 is 2.71 bits per heavy atom. The van der Waals surface area contributed by atoms with Gasteiger partial charge in [-0.1, -0.05) is 19.3 Å². The van der Waals surface area contributed by atoms with E-state index in [4.69, 9.17) is 0 Å². The molecule has 0 aromatic carbocycles. The summed E-state index contributed by atoms with van der Waals surface area (Å²) in [6, 6.07) is -0.358. The van der Waals surface area contributed by atoms with Gasteiger partial charge in [-0.25, -0.2) is 4.98 Å². The van der Waals surface area contributed by atoms with Crippen LogP contribution in [0.3, 0.4) is 0 Å². The first-order valence-corrected chi connectivity index (χ1v) is 7.57. The van der Waals surface area contributed by atoms with Crippen LogP contribution in [0.5, 0.6) is 0 Å². The first-order valence-electron chi connectivity index (χ1n) is 7.57. The van der Waals surface area contributed by atoms with Gasteiger partial charge in [-0.3, -0.25) is 14.3 Å². The largest absolute Gasteiger partial charge is 0.345 e. The third-order valence-electron chi connectivity index (χ3n) is 4.55. The second-order valence-corrected chi connectivity index (χ2v) is 5.88. The van der Waals surface area contributed by atoms with E-state index in [1.165, 1.54) is 12.7 Å². The van der Waals surface area contributed by atoms with Gasteiger partial charge in [-0.2, -0.15) is 5.10 Å². The molecule has 2 amide bonds. The highest BCUT2D eigenvalue weighted by Crippen LogP contribution is 2.30. The monoisotopic (exact) mass is 291 g/mol. The van der Waals surface area contributed by atoms with Crippen LogP contribution in [0.1, 0.15) is 37.9 Å². The molecule has 2 fully saturated rings. The van der Waals surface area contributed by atoms with E-state index in [0.717, 1.165) is 25.7 Å². The summed E-state index contributed by atoms with van der Waals surface area (Å²) in [5.74, 6) is 0.909. The van der Waals surface area contributed by atoms with Crippen molar-refractivity contribution < 1.29 is 9.59 Å². The van der Waals surface area contributed by atoms with Gasteiger partial charge in [0.15, 0.2) is 0 Å². The summed E-state index contributed by atoms with van der Waals surface area (Å²) in [5, 5.41) is 6.76. The smallest absolute Gasteiger partial charge is 0.243 e. The molecule has 1 aromatic rings. The molecular formula is C14H21N5O2. The Morgan fingerprint density at radius 2 is 2.05 bits per heavy atom. The van der Waals surface area contributed by atoms with Crippen molar-refractivity contribution in [3.8, 4) is 0 Å². The van der Waals surface area contributed by atoms with E-state index in [-0.39, 0.29) is 30.3 Å². The second kappa shape index (κ2) is 5.83. The van der Waals surface area contributed by atoms with Gasteiger partial charge in [0.2, 0.25) is 11.8 Å². The molecule has 2 aliphatic rings. The van der Waals surface area contributed by atoms with Crippen LogP contribution in [0.2, 0.25) is 0 Å². The molecule has 1 aromatic heterocycles. The fraction of sp³-hybridized carbons (Fsp3) is 0.714. The van der Waals surface area contributed by atoms with Gasteiger partial charge < -0.3 is 10.2 Å². The minimum absolute atomic E-state index is 0.0244. The van der Waals surface area contributed by atoms with E-state index in [1.54, 1.807) is 16.6 Å². The van der Waals surface area contributed by atoms with Crippen LogP contribution in [-0.2, 0) is 23.2 Å². The molecule has 0 bridgehead atoms. The number of carbonyl (C=O) groups is 2. The van der Waals surface area contributed by atoms with Crippen molar-refractivity contribution in [1.82, 2.24) is 25.0 Å². The molecule has 1 saturated carbocycles. The first-order chi connectivity index (χ1) is 10.2. The molecule has 1 unspecified atom stereocenters. The first kappa shape index (κ1) is 14.0. The summed E-state index contributed by atoms with van der Waals surface area (Å²) < 4.78 is 1.65. The number of aromatic nitrogens is 3. The predicted molar refractivity (Wildman–Crippen MR) is 74.9 cm³/mol. The highest BCUT2D eigenvalue weighted by Gasteiger charge is 2.40. The van der Waals surface area contributed by atoms with Crippen molar-refractivity contribution in [1.29, 1.82) is 0 Å². The maximum Gasteiger partial charge on any atom is 0.243 e. The lowest BCUT2D eigenvalue weighted by Crippen LogP contribution is -2.60. The maximum absolute atomic E-state index is 12.3. The highest BCUT2D eigenvalue weighted by atomic mass is 16.2. The van der Waals surface area contributed by atoms with Crippen molar-refractivity contribution in [3.05, 3.63) is 12.2 Å². The van der Waals surface area contributed by atoms with Crippen LogP contribution in [-0.4, -0.2) is 44.1 Å². The normalized spacial score (nSPS) is 24.2. The lowest BCUT2D eigenvalue weighted by atomic mass is 9.82. The molecule has 21 heavy (non-hydrogen) atoms. The number of aryl methyl sites for hydroxylation is 1. The van der Waals surface area contributed by atoms with Crippen molar-refractivity contribution >= 4 is 11.8 Å². The van der Waals surface area contributed by atoms with E-state index < -0.39 is 0 Å². The van der Waals surface area contributed by atoms with Gasteiger partial charge in [0, 0.05) is 7.05 Å². The number of nitrogens with zero attached hydrogens (tertiary/aromatic N) is 4. The third kappa shape index (κ3) is 2.77. The molecule has 1 atom stereocenters. The minimum atomic E-state index is -0.358. The molecule has 0 spiro atoms. The average molecular weight is 291 g/mol. The van der Waals surface area contributed by atoms with E-state index in [1.807, 2.05) is 0 Å². The number of rotatable bonds is 3. The fourth-order valence-corrected chi connectivity index (χ4v) is 3.39. The molecule has 7 heteroatoms. The molecule has 0 radical (unpaired) electrons. The van der Waals surface area contributed by atoms with Crippen molar-refractivity contribution in [2.24, 2.45) is 13.0 Å². The average Bonchev–Trinajstić information content (AvgIpc) is 2.89. The summed E-state index contributed by atoms with van der Waals surface area (Å²) in [7, 11) is 1.80. The lowest BCUT2D eigenvalue weighted by Gasteiger charge is -2.40. The predicted octanol–water partition coefficient (Wildman–Crippen LogP) is 0.222. The van der Waals surface area contributed by atoms with E-state index in [0.29, 0.717) is 12.4 Å². The van der Waals surface area contributed by atoms with Crippen molar-refractivity contribution in [2.75, 3.05) is 6.54 Å². The zero-order valence-electron chi connectivity index (χ0n) is 12.3. The van der Waals surface area contributed by atoms with Crippen LogP contribution < -0.4 is 5.32 Å². The molecule has 1 saturated heterocycles. The standard InChI is InChI=1S/C14H21N5O2/c1-18-11(16-9-17-18)8-19-12(20)7-15-14(21)13(19)10-5-3-2-4-6-10/h9-10,13H,2-8H2,1H3,(H,15,21). The van der Waals surface area contributed by atoms with E-state index >= 15 is 0 Å². The van der Waals surface area contributed by atoms with Crippen LogP contribution in [0.25, 0.3) is 0 Å². The molecule has 114 valence electrons. The zero-order chi connectivity index (χ0) is 14.8. The van der Waals surface area contributed by atoms with Crippen LogP contribution in [0.15, 0.2) is 6.33 Å². The number of nitrogens with one attached hydrogen (secondary N) is 1. The van der Waals surface area contributed by atoms with Crippen molar-refractivity contribution in [2.45, 2.75) is 44.7 Å². The molecule has 1 N–H and O–H groups in total. The highest BCUT2D eigenvalue weighted by molar-refractivity contribution is 5.95. The van der Waals surface area contributed by atoms with Gasteiger partial charge >= 0.3 is 0 Å². The Balaban J connectivity index is 1.83. The topological polar surface area (TPSA) is 80.1 Å². The Morgan fingerprint density at radius 1 is 1.29 bits per heavy atom. The molecule has 7 nitrogen and oxygen atoms in total. The fourth-order valence-electron chi connectivity index (χ4n) is 3.39. The van der Waals surface area contributed by atoms with Gasteiger partial charge in [-0.15, -0.1) is 0 Å². The summed E-state index contributed by atoms with van der Waals surface area (Å²) in [6.45, 7) is 0.434. The molecule has 3 rings (SSSR count). The van der Waals surface area contributed by atoms with Gasteiger partial charge in [0.05, 0.1) is 13.1 Å². The van der Waals surface area contributed by atoms with E-state index in [2.05, 4.69) is 15.4 Å². The summed E-state index contributed by atoms with van der Waals surface area (Å²) in [4.78, 5) is 30.5. The molecule has 1 aliphatic carbocycles. The van der Waals surface area contributed by atoms with Gasteiger partial charge in [0.1, 0.15) is 18.2 Å². The number of piperazine rings is 1. The van der Waals surface area contributed by atoms with Crippen LogP contribution >= 0.6 is 0 Å². The number of carbonyl (C=O) groups excluding carboxylic acids is 2. The Bertz CT molecular complexity index is 535. The van der Waals surface area contributed by atoms with Crippen LogP contribution in [0, 0.1) is 5.92 Å². The summed E-state index contributed by atoms with van der Waals surface area (Å²) in [6.07, 6.45) is 7.00. The lowest BCUT2D eigenvalue weighted by molar-refractivity contribution is -0.149. The Hall–Kier alpha value is -1.92. The molecular weight excluding hydrogens is 270 g/mol. The Labute approximate surface area is 123 Å². The number of amides is 2. The number of hydrogen-bond acceptors (Lipinski definition) is 4. The quantitative estimate of drug-likeness (QED) is 0.864. The third-order valence-corrected chi connectivity index (χ3v) is 4.55. The van der Waals surface area contributed by atoms with E-state index in [9.17, 15) is 9.59 Å². The van der Waals surface area contributed by atoms with Crippen molar-refractivity contribution in [3.63, 3.8) is 0 Å². The van der Waals surface area contributed by atoms with Gasteiger partial charge in [-0.05, 0) is 18.8 Å². The zero-order valence-corrected chi connectivity index (χ0v) is 12.3. The second-order valence-electron chi connectivity index (χ2n) is 5.88. The SMILES string of the molecule is Cn1ncnc1CN1C(=O)CNC(=O)C1C1CCCCC1. The summed E-state index contributed by atoms with van der Waals surface area (Å²) in [5.41, 5.74) is 0. The van der Waals surface area contributed by atoms with Gasteiger partial charge in [0.25, 0.3) is 0 Å². The maximum atomic E-state index is 12.3.